The van der Waals surface area contributed by atoms with E-state index in [4.69, 9.17) is 30.2 Å². The van der Waals surface area contributed by atoms with Crippen LogP contribution in [0.1, 0.15) is 22.9 Å². The van der Waals surface area contributed by atoms with Crippen LogP contribution in [0.15, 0.2) is 64.8 Å². The van der Waals surface area contributed by atoms with E-state index < -0.39 is 23.5 Å². The quantitative estimate of drug-likeness (QED) is 0.275. The van der Waals surface area contributed by atoms with Crippen molar-refractivity contribution in [3.63, 3.8) is 0 Å². The molecule has 0 radical (unpaired) electrons. The van der Waals surface area contributed by atoms with E-state index in [0.717, 1.165) is 11.3 Å². The first-order valence-corrected chi connectivity index (χ1v) is 11.1. The van der Waals surface area contributed by atoms with Crippen LogP contribution in [0.5, 0.6) is 17.2 Å². The fraction of sp³-hybridized carbons (Fsp3) is 0.231. The first-order valence-electron chi connectivity index (χ1n) is 10.8. The summed E-state index contributed by atoms with van der Waals surface area (Å²) in [6.45, 7) is 0.222. The summed E-state index contributed by atoms with van der Waals surface area (Å²) in [6, 6.07) is 12.8. The lowest BCUT2D eigenvalue weighted by Gasteiger charge is -2.23. The summed E-state index contributed by atoms with van der Waals surface area (Å²) >= 11 is 6.27. The molecule has 35 heavy (non-hydrogen) atoms. The summed E-state index contributed by atoms with van der Waals surface area (Å²) in [5, 5.41) is 11.5. The maximum Gasteiger partial charge on any atom is 0.295 e. The van der Waals surface area contributed by atoms with Gasteiger partial charge in [-0.2, -0.15) is 0 Å². The molecular formula is C26H24ClNO7. The molecule has 2 heterocycles. The van der Waals surface area contributed by atoms with Gasteiger partial charge in [0.25, 0.3) is 11.7 Å². The Balaban J connectivity index is 1.76. The summed E-state index contributed by atoms with van der Waals surface area (Å²) in [5.41, 5.74) is 0.997. The number of carbonyl (C=O) groups is 2. The normalized spacial score (nSPS) is 17.0. The molecule has 2 aromatic carbocycles. The number of likely N-dealkylation sites (tertiary alicyclic amines) is 1. The predicted octanol–water partition coefficient (Wildman–Crippen LogP) is 4.62. The second kappa shape index (κ2) is 10.1. The molecule has 1 aliphatic heterocycles. The topological polar surface area (TPSA) is 98.4 Å². The number of rotatable bonds is 8. The second-order valence-electron chi connectivity index (χ2n) is 7.79. The Morgan fingerprint density at radius 1 is 1.03 bits per heavy atom. The SMILES string of the molecule is COc1ccc(CCN2C(=O)C(=O)/C(=C(\O)c3cc(Cl)c(OC)cc3OC)C2c2ccco2)cc1. The molecule has 8 nitrogen and oxygen atoms in total. The number of methoxy groups -OCH3 is 3. The number of amides is 1. The monoisotopic (exact) mass is 497 g/mol. The zero-order valence-corrected chi connectivity index (χ0v) is 20.2. The van der Waals surface area contributed by atoms with Crippen LogP contribution in [-0.2, 0) is 16.0 Å². The van der Waals surface area contributed by atoms with Crippen molar-refractivity contribution in [2.75, 3.05) is 27.9 Å². The lowest BCUT2D eigenvalue weighted by molar-refractivity contribution is -0.140. The molecule has 4 rings (SSSR count). The summed E-state index contributed by atoms with van der Waals surface area (Å²) in [5.74, 6) is -0.351. The Kier molecular flexibility index (Phi) is 7.02. The van der Waals surface area contributed by atoms with Crippen LogP contribution in [0.2, 0.25) is 5.02 Å². The molecule has 0 bridgehead atoms. The van der Waals surface area contributed by atoms with Crippen LogP contribution >= 0.6 is 11.6 Å². The minimum absolute atomic E-state index is 0.112. The van der Waals surface area contributed by atoms with E-state index in [0.29, 0.717) is 17.9 Å². The molecule has 0 spiro atoms. The van der Waals surface area contributed by atoms with Gasteiger partial charge in [0.05, 0.1) is 43.8 Å². The molecular weight excluding hydrogens is 474 g/mol. The average molecular weight is 498 g/mol. The largest absolute Gasteiger partial charge is 0.507 e. The lowest BCUT2D eigenvalue weighted by Crippen LogP contribution is -2.31. The third-order valence-corrected chi connectivity index (χ3v) is 6.18. The summed E-state index contributed by atoms with van der Waals surface area (Å²) in [4.78, 5) is 27.7. The number of furan rings is 1. The zero-order chi connectivity index (χ0) is 25.1. The van der Waals surface area contributed by atoms with Crippen molar-refractivity contribution < 1.29 is 33.3 Å². The predicted molar refractivity (Wildman–Crippen MR) is 129 cm³/mol. The molecule has 1 amide bonds. The molecule has 1 aliphatic rings. The van der Waals surface area contributed by atoms with Gasteiger partial charge in [0, 0.05) is 12.6 Å². The average Bonchev–Trinajstić information content (AvgIpc) is 3.49. The van der Waals surface area contributed by atoms with Crippen molar-refractivity contribution in [3.8, 4) is 17.2 Å². The number of benzene rings is 2. The number of ketones is 1. The molecule has 1 aromatic heterocycles. The highest BCUT2D eigenvalue weighted by Crippen LogP contribution is 2.43. The summed E-state index contributed by atoms with van der Waals surface area (Å²) in [7, 11) is 4.45. The van der Waals surface area contributed by atoms with E-state index in [2.05, 4.69) is 0 Å². The smallest absolute Gasteiger partial charge is 0.295 e. The number of aliphatic hydroxyl groups excluding tert-OH is 1. The van der Waals surface area contributed by atoms with Gasteiger partial charge >= 0.3 is 0 Å². The Hall–Kier alpha value is -3.91. The Morgan fingerprint density at radius 2 is 1.74 bits per heavy atom. The summed E-state index contributed by atoms with van der Waals surface area (Å²) in [6.07, 6.45) is 1.93. The number of Topliss-reactive ketones (excluding diaryl/α,β-unsaturated/α-hetero) is 1. The van der Waals surface area contributed by atoms with Crippen LogP contribution in [0.4, 0.5) is 0 Å². The minimum atomic E-state index is -0.922. The van der Waals surface area contributed by atoms with Crippen LogP contribution in [0.3, 0.4) is 0 Å². The maximum absolute atomic E-state index is 13.2. The van der Waals surface area contributed by atoms with Crippen molar-refractivity contribution in [3.05, 3.63) is 82.3 Å². The third-order valence-electron chi connectivity index (χ3n) is 5.88. The molecule has 3 aromatic rings. The van der Waals surface area contributed by atoms with E-state index >= 15 is 0 Å². The van der Waals surface area contributed by atoms with Crippen molar-refractivity contribution >= 4 is 29.1 Å². The van der Waals surface area contributed by atoms with Gasteiger partial charge in [-0.15, -0.1) is 0 Å². The number of ether oxygens (including phenoxy) is 3. The highest BCUT2D eigenvalue weighted by Gasteiger charge is 2.47. The molecule has 1 unspecified atom stereocenters. The third kappa shape index (κ3) is 4.57. The molecule has 182 valence electrons. The van der Waals surface area contributed by atoms with E-state index in [-0.39, 0.29) is 28.5 Å². The molecule has 0 aliphatic carbocycles. The van der Waals surface area contributed by atoms with Crippen LogP contribution < -0.4 is 14.2 Å². The van der Waals surface area contributed by atoms with Gasteiger partial charge in [0.2, 0.25) is 0 Å². The van der Waals surface area contributed by atoms with Crippen molar-refractivity contribution in [1.82, 2.24) is 4.90 Å². The van der Waals surface area contributed by atoms with Crippen molar-refractivity contribution in [2.45, 2.75) is 12.5 Å². The fourth-order valence-electron chi connectivity index (χ4n) is 4.09. The number of hydrogen-bond acceptors (Lipinski definition) is 7. The number of aliphatic hydroxyl groups is 1. The Labute approximate surface area is 207 Å². The standard InChI is InChI=1S/C26H24ClNO7/c1-32-16-8-6-15(7-9-16)10-11-28-23(19-5-4-12-35-19)22(25(30)26(28)31)24(29)17-13-18(27)21(34-3)14-20(17)33-2/h4-9,12-14,23,29H,10-11H2,1-3H3/b24-22-. The van der Waals surface area contributed by atoms with Gasteiger partial charge < -0.3 is 28.6 Å². The van der Waals surface area contributed by atoms with E-state index in [1.54, 1.807) is 19.2 Å². The van der Waals surface area contributed by atoms with Crippen molar-refractivity contribution in [2.24, 2.45) is 0 Å². The van der Waals surface area contributed by atoms with Crippen LogP contribution in [0, 0.1) is 0 Å². The lowest BCUT2D eigenvalue weighted by atomic mass is 9.98. The van der Waals surface area contributed by atoms with Gasteiger partial charge in [-0.3, -0.25) is 9.59 Å². The molecule has 1 N–H and O–H groups in total. The number of hydrogen-bond donors (Lipinski definition) is 1. The van der Waals surface area contributed by atoms with E-state index in [1.165, 1.54) is 37.5 Å². The Morgan fingerprint density at radius 3 is 2.34 bits per heavy atom. The maximum atomic E-state index is 13.2. The highest BCUT2D eigenvalue weighted by atomic mass is 35.5. The van der Waals surface area contributed by atoms with Gasteiger partial charge in [-0.05, 0) is 42.3 Å². The number of carbonyl (C=O) groups excluding carboxylic acids is 2. The first kappa shape index (κ1) is 24.2. The minimum Gasteiger partial charge on any atom is -0.507 e. The zero-order valence-electron chi connectivity index (χ0n) is 19.4. The van der Waals surface area contributed by atoms with Crippen molar-refractivity contribution in [1.29, 1.82) is 0 Å². The molecule has 1 saturated heterocycles. The molecule has 1 atom stereocenters. The van der Waals surface area contributed by atoms with E-state index in [1.807, 2.05) is 24.3 Å². The molecule has 1 fully saturated rings. The van der Waals surface area contributed by atoms with Crippen LogP contribution in [-0.4, -0.2) is 49.6 Å². The van der Waals surface area contributed by atoms with Gasteiger partial charge in [0.1, 0.15) is 34.8 Å². The second-order valence-corrected chi connectivity index (χ2v) is 8.20. The Bertz CT molecular complexity index is 1270. The van der Waals surface area contributed by atoms with Gasteiger partial charge in [0.15, 0.2) is 0 Å². The van der Waals surface area contributed by atoms with Crippen LogP contribution in [0.25, 0.3) is 5.76 Å². The first-order chi connectivity index (χ1) is 16.9. The van der Waals surface area contributed by atoms with Gasteiger partial charge in [-0.25, -0.2) is 0 Å². The number of halogens is 1. The van der Waals surface area contributed by atoms with E-state index in [9.17, 15) is 14.7 Å². The summed E-state index contributed by atoms with van der Waals surface area (Å²) < 4.78 is 21.4. The molecule has 0 saturated carbocycles. The fourth-order valence-corrected chi connectivity index (χ4v) is 4.33. The number of nitrogens with zero attached hydrogens (tertiary/aromatic N) is 1. The highest BCUT2D eigenvalue weighted by molar-refractivity contribution is 6.46. The molecule has 9 heteroatoms. The van der Waals surface area contributed by atoms with Gasteiger partial charge in [-0.1, -0.05) is 23.7 Å².